The van der Waals surface area contributed by atoms with Crippen molar-refractivity contribution in [1.82, 2.24) is 4.98 Å². The zero-order valence-corrected chi connectivity index (χ0v) is 12.1. The van der Waals surface area contributed by atoms with Gasteiger partial charge in [-0.1, -0.05) is 6.07 Å². The Morgan fingerprint density at radius 2 is 2.29 bits per heavy atom. The molecular weight excluding hydrogens is 286 g/mol. The topological polar surface area (TPSA) is 86.0 Å². The predicted molar refractivity (Wildman–Crippen MR) is 81.5 cm³/mol. The third-order valence-electron chi connectivity index (χ3n) is 2.88. The maximum Gasteiger partial charge on any atom is 0.335 e. The number of nitrogens with zero attached hydrogens (tertiary/aromatic N) is 2. The minimum Gasteiger partial charge on any atom is -0.478 e. The highest BCUT2D eigenvalue weighted by Gasteiger charge is 2.08. The van der Waals surface area contributed by atoms with Gasteiger partial charge in [0.2, 0.25) is 0 Å². The van der Waals surface area contributed by atoms with Crippen LogP contribution in [-0.2, 0) is 6.54 Å². The average molecular weight is 299 g/mol. The highest BCUT2D eigenvalue weighted by molar-refractivity contribution is 7.98. The fourth-order valence-electron chi connectivity index (χ4n) is 1.86. The van der Waals surface area contributed by atoms with Gasteiger partial charge in [0.05, 0.1) is 29.1 Å². The van der Waals surface area contributed by atoms with E-state index < -0.39 is 5.97 Å². The molecule has 1 heterocycles. The zero-order valence-electron chi connectivity index (χ0n) is 11.3. The van der Waals surface area contributed by atoms with Crippen molar-refractivity contribution in [2.24, 2.45) is 0 Å². The van der Waals surface area contributed by atoms with Crippen molar-refractivity contribution >= 4 is 23.4 Å². The molecule has 0 spiro atoms. The van der Waals surface area contributed by atoms with Crippen LogP contribution in [0.3, 0.4) is 0 Å². The van der Waals surface area contributed by atoms with Gasteiger partial charge < -0.3 is 10.4 Å². The molecule has 0 fully saturated rings. The van der Waals surface area contributed by atoms with Crippen LogP contribution in [0.1, 0.15) is 21.6 Å². The Morgan fingerprint density at radius 3 is 2.95 bits per heavy atom. The fourth-order valence-corrected chi connectivity index (χ4v) is 2.43. The van der Waals surface area contributed by atoms with Crippen LogP contribution in [0.25, 0.3) is 0 Å². The SMILES string of the molecule is CSc1cccc(NCc2cc(C(=O)O)ccn2)c1C#N. The van der Waals surface area contributed by atoms with Crippen molar-refractivity contribution in [3.05, 3.63) is 53.3 Å². The first kappa shape index (κ1) is 14.9. The summed E-state index contributed by atoms with van der Waals surface area (Å²) in [5.41, 5.74) is 2.10. The molecule has 0 saturated carbocycles. The molecule has 0 aliphatic rings. The minimum atomic E-state index is -0.985. The second kappa shape index (κ2) is 6.77. The normalized spacial score (nSPS) is 9.90. The molecule has 0 bridgehead atoms. The van der Waals surface area contributed by atoms with Crippen LogP contribution in [-0.4, -0.2) is 22.3 Å². The maximum atomic E-state index is 10.9. The molecule has 5 nitrogen and oxygen atoms in total. The molecule has 1 aromatic carbocycles. The molecule has 6 heteroatoms. The maximum absolute atomic E-state index is 10.9. The van der Waals surface area contributed by atoms with Crippen LogP contribution in [0.15, 0.2) is 41.4 Å². The Bertz CT molecular complexity index is 710. The number of carbonyl (C=O) groups is 1. The predicted octanol–water partition coefficient (Wildman–Crippen LogP) is 2.99. The first-order chi connectivity index (χ1) is 10.2. The molecule has 2 N–H and O–H groups in total. The van der Waals surface area contributed by atoms with Gasteiger partial charge in [0.1, 0.15) is 6.07 Å². The Hall–Kier alpha value is -2.52. The summed E-state index contributed by atoms with van der Waals surface area (Å²) >= 11 is 1.51. The van der Waals surface area contributed by atoms with E-state index in [9.17, 15) is 10.1 Å². The van der Waals surface area contributed by atoms with Gasteiger partial charge in [-0.2, -0.15) is 5.26 Å². The molecule has 21 heavy (non-hydrogen) atoms. The van der Waals surface area contributed by atoms with Crippen LogP contribution in [0.2, 0.25) is 0 Å². The molecule has 2 aromatic rings. The fraction of sp³-hybridized carbons (Fsp3) is 0.133. The number of pyridine rings is 1. The summed E-state index contributed by atoms with van der Waals surface area (Å²) in [5, 5.41) is 21.3. The van der Waals surface area contributed by atoms with Gasteiger partial charge >= 0.3 is 5.97 Å². The Labute approximate surface area is 126 Å². The highest BCUT2D eigenvalue weighted by Crippen LogP contribution is 2.26. The molecule has 0 atom stereocenters. The van der Waals surface area contributed by atoms with Gasteiger partial charge in [-0.25, -0.2) is 4.79 Å². The summed E-state index contributed by atoms with van der Waals surface area (Å²) in [6.07, 6.45) is 3.38. The van der Waals surface area contributed by atoms with Crippen LogP contribution in [0, 0.1) is 11.3 Å². The van der Waals surface area contributed by atoms with Gasteiger partial charge in [-0.3, -0.25) is 4.98 Å². The summed E-state index contributed by atoms with van der Waals surface area (Å²) in [4.78, 5) is 15.9. The Morgan fingerprint density at radius 1 is 1.48 bits per heavy atom. The lowest BCUT2D eigenvalue weighted by molar-refractivity contribution is 0.0696. The number of aromatic carboxylic acids is 1. The third-order valence-corrected chi connectivity index (χ3v) is 3.66. The lowest BCUT2D eigenvalue weighted by atomic mass is 10.2. The number of carboxylic acid groups (broad SMARTS) is 1. The van der Waals surface area contributed by atoms with Gasteiger partial charge in [-0.15, -0.1) is 11.8 Å². The second-order valence-electron chi connectivity index (χ2n) is 4.19. The number of hydrogen-bond donors (Lipinski definition) is 2. The van der Waals surface area contributed by atoms with Crippen LogP contribution in [0.5, 0.6) is 0 Å². The van der Waals surface area contributed by atoms with E-state index >= 15 is 0 Å². The van der Waals surface area contributed by atoms with E-state index in [1.165, 1.54) is 30.1 Å². The number of nitriles is 1. The number of rotatable bonds is 5. The molecular formula is C15H13N3O2S. The van der Waals surface area contributed by atoms with Gasteiger partial charge in [0, 0.05) is 11.1 Å². The summed E-state index contributed by atoms with van der Waals surface area (Å²) in [6, 6.07) is 10.7. The van der Waals surface area contributed by atoms with Crippen molar-refractivity contribution in [2.75, 3.05) is 11.6 Å². The van der Waals surface area contributed by atoms with Crippen molar-refractivity contribution in [1.29, 1.82) is 5.26 Å². The van der Waals surface area contributed by atoms with E-state index in [-0.39, 0.29) is 5.56 Å². The van der Waals surface area contributed by atoms with E-state index in [0.29, 0.717) is 23.5 Å². The number of anilines is 1. The minimum absolute atomic E-state index is 0.195. The molecule has 0 aliphatic carbocycles. The molecule has 1 aromatic heterocycles. The molecule has 0 amide bonds. The van der Waals surface area contributed by atoms with E-state index in [2.05, 4.69) is 16.4 Å². The van der Waals surface area contributed by atoms with E-state index in [1.54, 1.807) is 0 Å². The van der Waals surface area contributed by atoms with Crippen molar-refractivity contribution in [3.8, 4) is 6.07 Å². The molecule has 106 valence electrons. The monoisotopic (exact) mass is 299 g/mol. The van der Waals surface area contributed by atoms with Crippen molar-refractivity contribution in [3.63, 3.8) is 0 Å². The summed E-state index contributed by atoms with van der Waals surface area (Å²) < 4.78 is 0. The Balaban J connectivity index is 2.19. The van der Waals surface area contributed by atoms with Gasteiger partial charge in [-0.05, 0) is 30.5 Å². The number of thioether (sulfide) groups is 1. The lowest BCUT2D eigenvalue weighted by Gasteiger charge is -2.10. The number of carboxylic acids is 1. The summed E-state index contributed by atoms with van der Waals surface area (Å²) in [6.45, 7) is 0.355. The van der Waals surface area contributed by atoms with E-state index in [1.807, 2.05) is 24.5 Å². The molecule has 2 rings (SSSR count). The summed E-state index contributed by atoms with van der Waals surface area (Å²) in [5.74, 6) is -0.985. The highest BCUT2D eigenvalue weighted by atomic mass is 32.2. The average Bonchev–Trinajstić information content (AvgIpc) is 2.52. The first-order valence-corrected chi connectivity index (χ1v) is 7.37. The van der Waals surface area contributed by atoms with E-state index in [4.69, 9.17) is 5.11 Å². The lowest BCUT2D eigenvalue weighted by Crippen LogP contribution is -2.05. The van der Waals surface area contributed by atoms with Crippen molar-refractivity contribution in [2.45, 2.75) is 11.4 Å². The number of benzene rings is 1. The largest absolute Gasteiger partial charge is 0.478 e. The zero-order chi connectivity index (χ0) is 15.2. The summed E-state index contributed by atoms with van der Waals surface area (Å²) in [7, 11) is 0. The van der Waals surface area contributed by atoms with Gasteiger partial charge in [0.25, 0.3) is 0 Å². The third kappa shape index (κ3) is 3.52. The Kier molecular flexibility index (Phi) is 4.80. The van der Waals surface area contributed by atoms with Gasteiger partial charge in [0.15, 0.2) is 0 Å². The molecule has 0 radical (unpaired) electrons. The number of aromatic nitrogens is 1. The molecule has 0 aliphatic heterocycles. The molecule has 0 unspecified atom stereocenters. The molecule has 0 saturated heterocycles. The smallest absolute Gasteiger partial charge is 0.335 e. The standard InChI is InChI=1S/C15H13N3O2S/c1-21-14-4-2-3-13(12(14)8-16)18-9-11-7-10(15(19)20)5-6-17-11/h2-7,18H,9H2,1H3,(H,19,20). The van der Waals surface area contributed by atoms with E-state index in [0.717, 1.165) is 4.90 Å². The number of hydrogen-bond acceptors (Lipinski definition) is 5. The van der Waals surface area contributed by atoms with Crippen LogP contribution in [0.4, 0.5) is 5.69 Å². The first-order valence-electron chi connectivity index (χ1n) is 6.15. The second-order valence-corrected chi connectivity index (χ2v) is 5.04. The van der Waals surface area contributed by atoms with Crippen LogP contribution >= 0.6 is 11.8 Å². The number of nitrogens with one attached hydrogen (secondary N) is 1. The van der Waals surface area contributed by atoms with Crippen molar-refractivity contribution < 1.29 is 9.90 Å². The van der Waals surface area contributed by atoms with Crippen LogP contribution < -0.4 is 5.32 Å². The quantitative estimate of drug-likeness (QED) is 0.825.